The number of aromatic nitrogens is 1. The largest absolute Gasteiger partial charge is 0.507 e. The van der Waals surface area contributed by atoms with Gasteiger partial charge in [0.2, 0.25) is 11.6 Å². The summed E-state index contributed by atoms with van der Waals surface area (Å²) in [6.07, 6.45) is 2.96. The van der Waals surface area contributed by atoms with Crippen LogP contribution < -0.4 is 14.2 Å². The summed E-state index contributed by atoms with van der Waals surface area (Å²) < 4.78 is 43.7. The summed E-state index contributed by atoms with van der Waals surface area (Å²) in [5.41, 5.74) is 0.00441. The molecule has 1 heterocycles. The van der Waals surface area contributed by atoms with Crippen LogP contribution in [0.15, 0.2) is 16.2 Å². The number of Topliss-reactive ketones (excluding diaryl/α,β-unsaturated/α-hetero) is 2. The number of carbonyl (C=O) groups excluding carboxylic acids is 2. The third kappa shape index (κ3) is 7.15. The lowest BCUT2D eigenvalue weighted by atomic mass is 9.57. The molecule has 54 heavy (non-hydrogen) atoms. The van der Waals surface area contributed by atoms with Gasteiger partial charge in [0.05, 0.1) is 36.5 Å². The molecule has 1 N–H and O–H groups in total. The summed E-state index contributed by atoms with van der Waals surface area (Å²) in [6, 6.07) is 1.21. The zero-order valence-corrected chi connectivity index (χ0v) is 35.6. The Bertz CT molecular complexity index is 1740. The predicted octanol–water partition coefficient (Wildman–Crippen LogP) is 8.40. The molecule has 5 rings (SSSR count). The van der Waals surface area contributed by atoms with Gasteiger partial charge in [-0.2, -0.15) is 0 Å². The molecule has 0 spiro atoms. The lowest BCUT2D eigenvalue weighted by Crippen LogP contribution is -2.68. The number of hydrogen-bond acceptors (Lipinski definition) is 12. The Labute approximate surface area is 321 Å². The van der Waals surface area contributed by atoms with Crippen LogP contribution in [0.5, 0.6) is 17.4 Å². The van der Waals surface area contributed by atoms with Crippen LogP contribution >= 0.6 is 0 Å². The number of hydrogen-bond donors (Lipinski definition) is 1. The number of ketones is 2. The maximum Gasteiger partial charge on any atom is 0.265 e. The third-order valence-corrected chi connectivity index (χ3v) is 16.0. The Morgan fingerprint density at radius 1 is 1.02 bits per heavy atom. The molecule has 4 atom stereocenters. The van der Waals surface area contributed by atoms with Crippen molar-refractivity contribution in [2.45, 2.75) is 129 Å². The van der Waals surface area contributed by atoms with Crippen LogP contribution in [0.25, 0.3) is 5.76 Å². The average Bonchev–Trinajstić information content (AvgIpc) is 3.50. The number of unbranched alkanes of at least 4 members (excludes halogenated alkanes) is 2. The summed E-state index contributed by atoms with van der Waals surface area (Å²) in [5.74, 6) is -1.16. The van der Waals surface area contributed by atoms with Gasteiger partial charge in [-0.25, -0.2) is 0 Å². The van der Waals surface area contributed by atoms with E-state index in [2.05, 4.69) is 32.9 Å². The molecule has 1 aromatic carbocycles. The molecule has 3 aliphatic carbocycles. The molecule has 1 fully saturated rings. The first kappa shape index (κ1) is 41.9. The van der Waals surface area contributed by atoms with Crippen molar-refractivity contribution < 1.29 is 47.3 Å². The highest BCUT2D eigenvalue weighted by Gasteiger charge is 2.69. The van der Waals surface area contributed by atoms with Crippen molar-refractivity contribution in [1.29, 1.82) is 0 Å². The second-order valence-electron chi connectivity index (χ2n) is 16.9. The van der Waals surface area contributed by atoms with Gasteiger partial charge in [0.25, 0.3) is 5.88 Å². The molecule has 12 nitrogen and oxygen atoms in total. The van der Waals surface area contributed by atoms with Crippen LogP contribution in [-0.4, -0.2) is 88.3 Å². The second-order valence-corrected chi connectivity index (χ2v) is 21.6. The fraction of sp³-hybridized carbons (Fsp3) is 0.683. The lowest BCUT2D eigenvalue weighted by molar-refractivity contribution is -0.140. The van der Waals surface area contributed by atoms with Gasteiger partial charge in [-0.15, -0.1) is 0 Å². The van der Waals surface area contributed by atoms with E-state index in [4.69, 9.17) is 32.6 Å². The van der Waals surface area contributed by atoms with Gasteiger partial charge in [0.15, 0.2) is 26.0 Å². The van der Waals surface area contributed by atoms with E-state index in [-0.39, 0.29) is 33.9 Å². The van der Waals surface area contributed by atoms with E-state index in [9.17, 15) is 5.11 Å². The van der Waals surface area contributed by atoms with Crippen LogP contribution in [0.4, 0.5) is 0 Å². The van der Waals surface area contributed by atoms with Crippen LogP contribution in [0, 0.1) is 11.8 Å². The zero-order valence-electron chi connectivity index (χ0n) is 34.6. The first-order valence-corrected chi connectivity index (χ1v) is 22.4. The molecule has 0 unspecified atom stereocenters. The molecule has 3 aliphatic rings. The number of fused-ring (bicyclic) bond motifs is 4. The highest BCUT2D eigenvalue weighted by molar-refractivity contribution is 6.74. The summed E-state index contributed by atoms with van der Waals surface area (Å²) >= 11 is 0. The third-order valence-electron chi connectivity index (χ3n) is 11.6. The second kappa shape index (κ2) is 16.1. The number of ether oxygens (including phenoxy) is 5. The molecule has 0 bridgehead atoms. The minimum Gasteiger partial charge on any atom is -0.507 e. The van der Waals surface area contributed by atoms with Gasteiger partial charge in [-0.05, 0) is 88.9 Å². The van der Waals surface area contributed by atoms with Gasteiger partial charge in [0.1, 0.15) is 22.8 Å². The van der Waals surface area contributed by atoms with Crippen molar-refractivity contribution in [3.8, 4) is 17.4 Å². The molecule has 2 aromatic rings. The quantitative estimate of drug-likeness (QED) is 0.0759. The van der Waals surface area contributed by atoms with Crippen LogP contribution in [0.2, 0.25) is 18.1 Å². The Morgan fingerprint density at radius 3 is 2.20 bits per heavy atom. The van der Waals surface area contributed by atoms with E-state index < -0.39 is 49.7 Å². The highest BCUT2D eigenvalue weighted by Crippen LogP contribution is 2.60. The van der Waals surface area contributed by atoms with Gasteiger partial charge in [-0.3, -0.25) is 14.5 Å². The highest BCUT2D eigenvalue weighted by atomic mass is 28.4. The van der Waals surface area contributed by atoms with Crippen molar-refractivity contribution >= 4 is 25.6 Å². The van der Waals surface area contributed by atoms with Gasteiger partial charge in [0, 0.05) is 31.3 Å². The summed E-state index contributed by atoms with van der Waals surface area (Å²) in [7, 11) is 4.05. The van der Waals surface area contributed by atoms with E-state index in [0.717, 1.165) is 25.7 Å². The van der Waals surface area contributed by atoms with Crippen molar-refractivity contribution in [2.24, 2.45) is 11.8 Å². The molecule has 13 heteroatoms. The van der Waals surface area contributed by atoms with E-state index in [1.54, 1.807) is 20.3 Å². The Morgan fingerprint density at radius 2 is 1.65 bits per heavy atom. The normalized spacial score (nSPS) is 22.8. The zero-order chi connectivity index (χ0) is 39.9. The summed E-state index contributed by atoms with van der Waals surface area (Å²) in [5, 5.41) is 16.5. The number of benzene rings is 1. The van der Waals surface area contributed by atoms with E-state index in [1.165, 1.54) is 0 Å². The van der Waals surface area contributed by atoms with Gasteiger partial charge >= 0.3 is 0 Å². The average molecular weight is 771 g/mol. The van der Waals surface area contributed by atoms with Gasteiger partial charge < -0.3 is 37.7 Å². The standard InChI is InChI=1S/C41H62N2O10Si/c1-14-16-18-49-28-22-26(39(47-10)48-11)34(51-23(3)4)25-20-24-21-27-32(43(8)9)35-31(38(42-52-35)50-19-17-15-2)37(46)41(27,53-54(12,13)40(5,6)7)36(45)29(24)33(44)30(25)28/h22-24,27,32,39,44H,14-21H2,1-13H3/t24-,27-,32-,41-/m0/s1. The summed E-state index contributed by atoms with van der Waals surface area (Å²) in [4.78, 5) is 33.1. The van der Waals surface area contributed by atoms with Crippen molar-refractivity contribution in [2.75, 3.05) is 41.5 Å². The van der Waals surface area contributed by atoms with Crippen LogP contribution in [0.3, 0.4) is 0 Å². The molecule has 0 aliphatic heterocycles. The molecule has 1 saturated carbocycles. The minimum atomic E-state index is -2.87. The van der Waals surface area contributed by atoms with E-state index in [1.807, 2.05) is 52.9 Å². The van der Waals surface area contributed by atoms with Crippen molar-refractivity contribution in [1.82, 2.24) is 10.1 Å². The minimum absolute atomic E-state index is 0.0644. The van der Waals surface area contributed by atoms with Crippen molar-refractivity contribution in [3.63, 3.8) is 0 Å². The molecule has 1 aromatic heterocycles. The number of aliphatic hydroxyl groups excluding tert-OH is 1. The van der Waals surface area contributed by atoms with Crippen LogP contribution in [0.1, 0.15) is 126 Å². The molecule has 300 valence electrons. The number of rotatable bonds is 16. The SMILES string of the molecule is CCCCOc1cc(C(OC)OC)c(OC(C)C)c2c1C(O)=C1C(=O)[C@]3(O[Si](C)(C)C(C)(C)C)C(=O)c4c(OCCCC)noc4[C@@H](N(C)C)[C@@H]3C[C@@H]1C2. The smallest absolute Gasteiger partial charge is 0.265 e. The molecule has 0 saturated heterocycles. The maximum absolute atomic E-state index is 15.8. The van der Waals surface area contributed by atoms with Gasteiger partial charge in [-0.1, -0.05) is 47.5 Å². The monoisotopic (exact) mass is 770 g/mol. The predicted molar refractivity (Wildman–Crippen MR) is 208 cm³/mol. The molecular weight excluding hydrogens is 709 g/mol. The summed E-state index contributed by atoms with van der Waals surface area (Å²) in [6.45, 7) is 19.0. The molecular formula is C41H62N2O10Si. The molecule has 0 amide bonds. The topological polar surface area (TPSA) is 139 Å². The lowest BCUT2D eigenvalue weighted by Gasteiger charge is -2.55. The number of nitrogens with zero attached hydrogens (tertiary/aromatic N) is 2. The van der Waals surface area contributed by atoms with Crippen LogP contribution in [-0.2, 0) is 25.1 Å². The Kier molecular flexibility index (Phi) is 12.5. The molecule has 0 radical (unpaired) electrons. The van der Waals surface area contributed by atoms with E-state index in [0.29, 0.717) is 60.0 Å². The first-order valence-electron chi connectivity index (χ1n) is 19.5. The Hall–Kier alpha value is -3.23. The number of methoxy groups -OCH3 is 2. The number of aliphatic hydroxyl groups is 1. The Balaban J connectivity index is 1.83. The fourth-order valence-corrected chi connectivity index (χ4v) is 9.39. The van der Waals surface area contributed by atoms with E-state index >= 15 is 9.59 Å². The first-order chi connectivity index (χ1) is 25.4. The van der Waals surface area contributed by atoms with Crippen molar-refractivity contribution in [3.05, 3.63) is 39.7 Å². The fourth-order valence-electron chi connectivity index (χ4n) is 7.94. The maximum atomic E-state index is 15.8. The number of carbonyl (C=O) groups is 2.